The molecule has 0 aromatic carbocycles. The van der Waals surface area contributed by atoms with Crippen molar-refractivity contribution in [2.75, 3.05) is 26.2 Å². The van der Waals surface area contributed by atoms with E-state index in [1.165, 1.54) is 64.7 Å². The van der Waals surface area contributed by atoms with Crippen LogP contribution in [0.1, 0.15) is 59.3 Å². The van der Waals surface area contributed by atoms with Gasteiger partial charge in [-0.1, -0.05) is 27.2 Å². The summed E-state index contributed by atoms with van der Waals surface area (Å²) in [5, 5.41) is 3.67. The van der Waals surface area contributed by atoms with Crippen molar-refractivity contribution in [2.45, 2.75) is 65.3 Å². The first-order chi connectivity index (χ1) is 8.30. The lowest BCUT2D eigenvalue weighted by Crippen LogP contribution is -2.41. The van der Waals surface area contributed by atoms with Crippen molar-refractivity contribution in [1.29, 1.82) is 0 Å². The third kappa shape index (κ3) is 5.87. The third-order valence-electron chi connectivity index (χ3n) is 4.17. The Kier molecular flexibility index (Phi) is 7.87. The molecule has 0 bridgehead atoms. The molecular formula is C15H32N2. The Morgan fingerprint density at radius 2 is 2.00 bits per heavy atom. The minimum Gasteiger partial charge on any atom is -0.313 e. The van der Waals surface area contributed by atoms with Crippen LogP contribution in [-0.4, -0.2) is 37.1 Å². The normalized spacial score (nSPS) is 24.5. The highest BCUT2D eigenvalue weighted by molar-refractivity contribution is 4.75. The van der Waals surface area contributed by atoms with E-state index in [0.29, 0.717) is 6.04 Å². The second-order valence-electron chi connectivity index (χ2n) is 5.57. The van der Waals surface area contributed by atoms with Crippen molar-refractivity contribution in [2.24, 2.45) is 5.92 Å². The summed E-state index contributed by atoms with van der Waals surface area (Å²) in [7, 11) is 0. The summed E-state index contributed by atoms with van der Waals surface area (Å²) in [4.78, 5) is 2.69. The van der Waals surface area contributed by atoms with E-state index in [0.717, 1.165) is 5.92 Å². The van der Waals surface area contributed by atoms with E-state index in [1.807, 2.05) is 0 Å². The minimum atomic E-state index is 0.702. The second-order valence-corrected chi connectivity index (χ2v) is 5.57. The van der Waals surface area contributed by atoms with Gasteiger partial charge in [-0.25, -0.2) is 0 Å². The Morgan fingerprint density at radius 1 is 1.18 bits per heavy atom. The summed E-state index contributed by atoms with van der Waals surface area (Å²) in [6.45, 7) is 12.0. The quantitative estimate of drug-likeness (QED) is 0.735. The zero-order valence-corrected chi connectivity index (χ0v) is 12.2. The van der Waals surface area contributed by atoms with Gasteiger partial charge in [0.05, 0.1) is 0 Å². The van der Waals surface area contributed by atoms with Gasteiger partial charge in [-0.2, -0.15) is 0 Å². The largest absolute Gasteiger partial charge is 0.313 e. The first kappa shape index (κ1) is 15.0. The molecule has 17 heavy (non-hydrogen) atoms. The average Bonchev–Trinajstić information content (AvgIpc) is 2.59. The van der Waals surface area contributed by atoms with E-state index in [1.54, 1.807) is 0 Å². The van der Waals surface area contributed by atoms with E-state index < -0.39 is 0 Å². The molecule has 0 aromatic rings. The van der Waals surface area contributed by atoms with Gasteiger partial charge in [-0.15, -0.1) is 0 Å². The fourth-order valence-electron chi connectivity index (χ4n) is 2.81. The molecule has 2 unspecified atom stereocenters. The van der Waals surface area contributed by atoms with Gasteiger partial charge in [0.2, 0.25) is 0 Å². The molecule has 1 saturated heterocycles. The van der Waals surface area contributed by atoms with E-state index in [2.05, 4.69) is 31.0 Å². The molecule has 0 radical (unpaired) electrons. The van der Waals surface area contributed by atoms with Crippen molar-refractivity contribution in [1.82, 2.24) is 10.2 Å². The van der Waals surface area contributed by atoms with Crippen LogP contribution in [0.2, 0.25) is 0 Å². The van der Waals surface area contributed by atoms with Crippen LogP contribution >= 0.6 is 0 Å². The van der Waals surface area contributed by atoms with Gasteiger partial charge in [0.15, 0.2) is 0 Å². The molecule has 1 heterocycles. The number of rotatable bonds is 7. The highest BCUT2D eigenvalue weighted by Gasteiger charge is 2.17. The molecule has 0 spiro atoms. The lowest BCUT2D eigenvalue weighted by atomic mass is 9.98. The molecule has 0 aliphatic carbocycles. The topological polar surface area (TPSA) is 15.3 Å². The van der Waals surface area contributed by atoms with E-state index in [-0.39, 0.29) is 0 Å². The van der Waals surface area contributed by atoms with Crippen LogP contribution in [0.4, 0.5) is 0 Å². The van der Waals surface area contributed by atoms with Crippen molar-refractivity contribution >= 4 is 0 Å². The van der Waals surface area contributed by atoms with Crippen molar-refractivity contribution in [3.05, 3.63) is 0 Å². The standard InChI is InChI=1S/C15H32N2/c1-4-10-16-15(6-3)13-17-11-7-8-14(5-2)9-12-17/h14-16H,4-13H2,1-3H3. The zero-order chi connectivity index (χ0) is 12.5. The molecular weight excluding hydrogens is 208 g/mol. The maximum atomic E-state index is 3.67. The Morgan fingerprint density at radius 3 is 2.65 bits per heavy atom. The number of nitrogens with one attached hydrogen (secondary N) is 1. The SMILES string of the molecule is CCCNC(CC)CN1CCCC(CC)CC1. The lowest BCUT2D eigenvalue weighted by Gasteiger charge is -2.26. The molecule has 0 saturated carbocycles. The zero-order valence-electron chi connectivity index (χ0n) is 12.2. The molecule has 0 aromatic heterocycles. The first-order valence-electron chi connectivity index (χ1n) is 7.75. The molecule has 2 heteroatoms. The fraction of sp³-hybridized carbons (Fsp3) is 1.00. The molecule has 0 amide bonds. The van der Waals surface area contributed by atoms with Crippen LogP contribution in [0.3, 0.4) is 0 Å². The summed E-state index contributed by atoms with van der Waals surface area (Å²) in [6, 6.07) is 0.702. The van der Waals surface area contributed by atoms with Gasteiger partial charge in [-0.3, -0.25) is 0 Å². The Hall–Kier alpha value is -0.0800. The molecule has 102 valence electrons. The maximum Gasteiger partial charge on any atom is 0.0192 e. The highest BCUT2D eigenvalue weighted by Crippen LogP contribution is 2.20. The van der Waals surface area contributed by atoms with Crippen LogP contribution in [-0.2, 0) is 0 Å². The van der Waals surface area contributed by atoms with Gasteiger partial charge in [0, 0.05) is 12.6 Å². The van der Waals surface area contributed by atoms with Gasteiger partial charge in [0.25, 0.3) is 0 Å². The highest BCUT2D eigenvalue weighted by atomic mass is 15.1. The summed E-state index contributed by atoms with van der Waals surface area (Å²) >= 11 is 0. The van der Waals surface area contributed by atoms with Crippen LogP contribution in [0.25, 0.3) is 0 Å². The van der Waals surface area contributed by atoms with Crippen LogP contribution in [0, 0.1) is 5.92 Å². The summed E-state index contributed by atoms with van der Waals surface area (Å²) in [6.07, 6.45) is 8.15. The number of nitrogens with zero attached hydrogens (tertiary/aromatic N) is 1. The first-order valence-corrected chi connectivity index (χ1v) is 7.75. The van der Waals surface area contributed by atoms with Gasteiger partial charge < -0.3 is 10.2 Å². The molecule has 2 atom stereocenters. The number of hydrogen-bond acceptors (Lipinski definition) is 2. The predicted molar refractivity (Wildman–Crippen MR) is 76.4 cm³/mol. The fourth-order valence-corrected chi connectivity index (χ4v) is 2.81. The molecule has 1 aliphatic rings. The van der Waals surface area contributed by atoms with Crippen LogP contribution < -0.4 is 5.32 Å². The smallest absolute Gasteiger partial charge is 0.0192 e. The van der Waals surface area contributed by atoms with Gasteiger partial charge >= 0.3 is 0 Å². The average molecular weight is 240 g/mol. The molecule has 1 rings (SSSR count). The van der Waals surface area contributed by atoms with Gasteiger partial charge in [-0.05, 0) is 57.7 Å². The van der Waals surface area contributed by atoms with E-state index in [4.69, 9.17) is 0 Å². The summed E-state index contributed by atoms with van der Waals surface area (Å²) in [5.74, 6) is 0.990. The van der Waals surface area contributed by atoms with Crippen molar-refractivity contribution < 1.29 is 0 Å². The monoisotopic (exact) mass is 240 g/mol. The third-order valence-corrected chi connectivity index (χ3v) is 4.17. The Bertz CT molecular complexity index is 182. The van der Waals surface area contributed by atoms with E-state index >= 15 is 0 Å². The Balaban J connectivity index is 2.28. The maximum absolute atomic E-state index is 3.67. The molecule has 2 nitrogen and oxygen atoms in total. The van der Waals surface area contributed by atoms with Crippen LogP contribution in [0.15, 0.2) is 0 Å². The lowest BCUT2D eigenvalue weighted by molar-refractivity contribution is 0.243. The van der Waals surface area contributed by atoms with Gasteiger partial charge in [0.1, 0.15) is 0 Å². The predicted octanol–water partition coefficient (Wildman–Crippen LogP) is 3.28. The van der Waals surface area contributed by atoms with Crippen molar-refractivity contribution in [3.63, 3.8) is 0 Å². The second kappa shape index (κ2) is 8.93. The molecule has 1 N–H and O–H groups in total. The number of likely N-dealkylation sites (tertiary alicyclic amines) is 1. The molecule has 1 aliphatic heterocycles. The molecule has 1 fully saturated rings. The van der Waals surface area contributed by atoms with Crippen LogP contribution in [0.5, 0.6) is 0 Å². The Labute approximate surface area is 108 Å². The van der Waals surface area contributed by atoms with Crippen molar-refractivity contribution in [3.8, 4) is 0 Å². The minimum absolute atomic E-state index is 0.702. The van der Waals surface area contributed by atoms with E-state index in [9.17, 15) is 0 Å². The number of hydrogen-bond donors (Lipinski definition) is 1. The summed E-state index contributed by atoms with van der Waals surface area (Å²) in [5.41, 5.74) is 0. The summed E-state index contributed by atoms with van der Waals surface area (Å²) < 4.78 is 0.